The number of rotatable bonds is 3. The lowest BCUT2D eigenvalue weighted by Gasteiger charge is -2.57. The van der Waals surface area contributed by atoms with Crippen LogP contribution < -0.4 is 15.7 Å². The van der Waals surface area contributed by atoms with Crippen LogP contribution in [0.4, 0.5) is 11.4 Å². The molecule has 0 N–H and O–H groups in total. The van der Waals surface area contributed by atoms with Gasteiger partial charge in [0.1, 0.15) is 0 Å². The van der Waals surface area contributed by atoms with E-state index in [1.807, 2.05) is 11.8 Å². The molecule has 3 aliphatic heterocycles. The number of anilines is 2. The summed E-state index contributed by atoms with van der Waals surface area (Å²) in [6.45, 7) is 2.59. The summed E-state index contributed by atoms with van der Waals surface area (Å²) in [4.78, 5) is 5.56. The van der Waals surface area contributed by atoms with Crippen LogP contribution in [0.1, 0.15) is 95.1 Å². The average Bonchev–Trinajstić information content (AvgIpc) is 3.77. The smallest absolute Gasteiger partial charge is 0.333 e. The molecule has 2 unspecified atom stereocenters. The van der Waals surface area contributed by atoms with E-state index in [1.54, 1.807) is 11.1 Å². The molecule has 2 atom stereocenters. The zero-order valence-electron chi connectivity index (χ0n) is 33.6. The normalized spacial score (nSPS) is 30.3. The maximum absolute atomic E-state index is 2.81. The molecular formula is C54H49BN2S. The van der Waals surface area contributed by atoms with E-state index in [2.05, 4.69) is 119 Å². The number of hydrogen-bond donors (Lipinski definition) is 0. The number of fused-ring (bicyclic) bond motifs is 13. The summed E-state index contributed by atoms with van der Waals surface area (Å²) >= 11 is 1.96. The highest BCUT2D eigenvalue weighted by atomic mass is 32.2. The highest BCUT2D eigenvalue weighted by molar-refractivity contribution is 7.99. The first-order valence-electron chi connectivity index (χ1n) is 22.9. The predicted octanol–water partition coefficient (Wildman–Crippen LogP) is 13.0. The molecule has 2 nitrogen and oxygen atoms in total. The molecule has 0 saturated heterocycles. The molecule has 9 aliphatic rings. The first-order chi connectivity index (χ1) is 28.5. The van der Waals surface area contributed by atoms with Gasteiger partial charge in [-0.05, 0) is 180 Å². The van der Waals surface area contributed by atoms with Gasteiger partial charge in [0.25, 0.3) is 0 Å². The van der Waals surface area contributed by atoms with Crippen LogP contribution in [0.15, 0.2) is 113 Å². The van der Waals surface area contributed by atoms with Gasteiger partial charge in [-0.2, -0.15) is 0 Å². The molecule has 7 aromatic rings. The molecule has 1 aromatic heterocycles. The molecular weight excluding hydrogens is 719 g/mol. The highest BCUT2D eigenvalue weighted by Gasteiger charge is 2.53. The van der Waals surface area contributed by atoms with Crippen molar-refractivity contribution in [2.24, 2.45) is 29.6 Å². The number of hydrogen-bond acceptors (Lipinski definition) is 2. The van der Waals surface area contributed by atoms with Gasteiger partial charge in [0.2, 0.25) is 0 Å². The second-order valence-electron chi connectivity index (χ2n) is 20.7. The Morgan fingerprint density at radius 1 is 0.621 bits per heavy atom. The zero-order chi connectivity index (χ0) is 37.6. The fraction of sp³-hybridized carbons (Fsp3) is 0.370. The fourth-order valence-electron chi connectivity index (χ4n) is 16.0. The molecule has 0 amide bonds. The van der Waals surface area contributed by atoms with Crippen LogP contribution in [-0.4, -0.2) is 11.4 Å². The Labute approximate surface area is 346 Å². The predicted molar refractivity (Wildman–Crippen MR) is 243 cm³/mol. The third kappa shape index (κ3) is 4.01. The van der Waals surface area contributed by atoms with Crippen molar-refractivity contribution in [2.75, 3.05) is 4.81 Å². The molecule has 0 spiro atoms. The Kier molecular flexibility index (Phi) is 6.18. The molecule has 16 rings (SSSR count). The minimum atomic E-state index is 0.0916. The van der Waals surface area contributed by atoms with Gasteiger partial charge in [-0.3, -0.25) is 0 Å². The zero-order valence-corrected chi connectivity index (χ0v) is 34.4. The summed E-state index contributed by atoms with van der Waals surface area (Å²) in [7, 11) is 0. The molecule has 0 radical (unpaired) electrons. The molecule has 284 valence electrons. The molecule has 6 fully saturated rings. The van der Waals surface area contributed by atoms with E-state index in [0.29, 0.717) is 10.8 Å². The maximum atomic E-state index is 2.81. The quantitative estimate of drug-likeness (QED) is 0.165. The van der Waals surface area contributed by atoms with E-state index in [1.165, 1.54) is 159 Å². The number of para-hydroxylation sites is 2. The lowest BCUT2D eigenvalue weighted by Crippen LogP contribution is -2.61. The van der Waals surface area contributed by atoms with Gasteiger partial charge in [0.05, 0.1) is 22.4 Å². The minimum Gasteiger partial charge on any atom is -0.374 e. The third-order valence-corrected chi connectivity index (χ3v) is 18.9. The largest absolute Gasteiger partial charge is 0.374 e. The van der Waals surface area contributed by atoms with Crippen LogP contribution in [0.3, 0.4) is 0 Å². The first-order valence-corrected chi connectivity index (χ1v) is 23.7. The van der Waals surface area contributed by atoms with E-state index < -0.39 is 0 Å². The third-order valence-electron chi connectivity index (χ3n) is 17.8. The SMILES string of the molecule is CCC1(c2ccc3c(c2)c2cc(C45CC6CC(CC(C6)C4)C5)cc4c2n3-c2c3c(cc5ccccc25)-c2cccc5c2N(B34)c2ccccc2S5)CC2CCC(C2)C1. The maximum Gasteiger partial charge on any atom is 0.333 e. The summed E-state index contributed by atoms with van der Waals surface area (Å²) in [6, 6.07) is 41.8. The van der Waals surface area contributed by atoms with Gasteiger partial charge < -0.3 is 9.38 Å². The van der Waals surface area contributed by atoms with E-state index in [-0.39, 0.29) is 6.85 Å². The summed E-state index contributed by atoms with van der Waals surface area (Å²) in [5.41, 5.74) is 16.8. The molecule has 6 aromatic carbocycles. The Hall–Kier alpha value is -4.41. The Balaban J connectivity index is 1.09. The molecule has 6 bridgehead atoms. The van der Waals surface area contributed by atoms with Gasteiger partial charge >= 0.3 is 6.85 Å². The molecule has 4 heterocycles. The van der Waals surface area contributed by atoms with Crippen molar-refractivity contribution >= 4 is 73.5 Å². The van der Waals surface area contributed by atoms with Crippen LogP contribution in [-0.2, 0) is 10.8 Å². The second kappa shape index (κ2) is 11.0. The van der Waals surface area contributed by atoms with Crippen molar-refractivity contribution in [1.29, 1.82) is 0 Å². The summed E-state index contributed by atoms with van der Waals surface area (Å²) < 4.78 is 2.79. The van der Waals surface area contributed by atoms with Crippen molar-refractivity contribution in [3.05, 3.63) is 114 Å². The number of benzene rings is 6. The van der Waals surface area contributed by atoms with Crippen molar-refractivity contribution < 1.29 is 0 Å². The molecule has 6 aliphatic carbocycles. The van der Waals surface area contributed by atoms with Gasteiger partial charge in [-0.15, -0.1) is 0 Å². The lowest BCUT2D eigenvalue weighted by atomic mass is 9.42. The van der Waals surface area contributed by atoms with Crippen LogP contribution in [0.5, 0.6) is 0 Å². The van der Waals surface area contributed by atoms with E-state index in [9.17, 15) is 0 Å². The standard InChI is InChI=1S/C54H49BN2S/c1-2-53(26-31-14-15-32(18-31)27-53)37-16-17-45-41(23-37)43-24-38(54-28-33-19-34(29-54)21-35(20-33)30-54)25-44-50(43)56(45)52-39-9-4-3-8-36(39)22-42-40-10-7-13-48-51(40)57(55(44)49(42)52)46-11-5-6-12-47(46)58-48/h3-13,16-17,22-25,31-35H,2,14-15,18-21,26-30H2,1H3. The van der Waals surface area contributed by atoms with Gasteiger partial charge in [-0.25, -0.2) is 0 Å². The minimum absolute atomic E-state index is 0.0916. The van der Waals surface area contributed by atoms with E-state index in [0.717, 1.165) is 29.6 Å². The van der Waals surface area contributed by atoms with Crippen molar-refractivity contribution in [2.45, 2.75) is 105 Å². The second-order valence-corrected chi connectivity index (χ2v) is 21.8. The molecule has 58 heavy (non-hydrogen) atoms. The van der Waals surface area contributed by atoms with Crippen LogP contribution in [0, 0.1) is 29.6 Å². The fourth-order valence-corrected chi connectivity index (χ4v) is 17.1. The number of nitrogens with zero attached hydrogens (tertiary/aromatic N) is 2. The monoisotopic (exact) mass is 768 g/mol. The summed E-state index contributed by atoms with van der Waals surface area (Å²) in [6.07, 6.45) is 17.0. The molecule has 4 heteroatoms. The van der Waals surface area contributed by atoms with E-state index in [4.69, 9.17) is 0 Å². The van der Waals surface area contributed by atoms with Gasteiger partial charge in [0, 0.05) is 37.2 Å². The van der Waals surface area contributed by atoms with Crippen molar-refractivity contribution in [3.63, 3.8) is 0 Å². The first kappa shape index (κ1) is 32.4. The lowest BCUT2D eigenvalue weighted by molar-refractivity contribution is -0.00509. The summed E-state index contributed by atoms with van der Waals surface area (Å²) in [5.74, 6) is 4.54. The molecule has 6 saturated carbocycles. The number of aromatic nitrogens is 1. The van der Waals surface area contributed by atoms with Crippen molar-refractivity contribution in [1.82, 2.24) is 4.57 Å². The van der Waals surface area contributed by atoms with E-state index >= 15 is 0 Å². The highest BCUT2D eigenvalue weighted by Crippen LogP contribution is 2.62. The Morgan fingerprint density at radius 2 is 1.34 bits per heavy atom. The van der Waals surface area contributed by atoms with Crippen LogP contribution in [0.25, 0.3) is 49.4 Å². The van der Waals surface area contributed by atoms with Crippen LogP contribution >= 0.6 is 11.8 Å². The Morgan fingerprint density at radius 3 is 2.16 bits per heavy atom. The Bertz CT molecular complexity index is 2940. The summed E-state index contributed by atoms with van der Waals surface area (Å²) in [5, 5.41) is 5.73. The topological polar surface area (TPSA) is 8.17 Å². The van der Waals surface area contributed by atoms with Crippen LogP contribution in [0.2, 0.25) is 0 Å². The average molecular weight is 769 g/mol. The van der Waals surface area contributed by atoms with Crippen molar-refractivity contribution in [3.8, 4) is 16.8 Å². The van der Waals surface area contributed by atoms with Gasteiger partial charge in [0.15, 0.2) is 0 Å². The van der Waals surface area contributed by atoms with Gasteiger partial charge in [-0.1, -0.05) is 92.2 Å².